The number of benzene rings is 16. The van der Waals surface area contributed by atoms with Crippen LogP contribution in [0.15, 0.2) is 346 Å². The summed E-state index contributed by atoms with van der Waals surface area (Å²) in [6.07, 6.45) is 0. The van der Waals surface area contributed by atoms with Crippen molar-refractivity contribution in [2.24, 2.45) is 0 Å². The Balaban J connectivity index is 0.733. The Hall–Kier alpha value is -11.6. The van der Waals surface area contributed by atoms with Crippen LogP contribution in [0.25, 0.3) is 148 Å². The molecule has 0 atom stereocenters. The summed E-state index contributed by atoms with van der Waals surface area (Å²) in [4.78, 5) is 0. The zero-order valence-electron chi connectivity index (χ0n) is 49.4. The van der Waals surface area contributed by atoms with Crippen molar-refractivity contribution < 1.29 is 0 Å². The Morgan fingerprint density at radius 2 is 0.533 bits per heavy atom. The number of hydrogen-bond donors (Lipinski definition) is 0. The van der Waals surface area contributed by atoms with Crippen molar-refractivity contribution in [3.05, 3.63) is 368 Å². The number of rotatable bonds is 9. The molecule has 17 aromatic rings. The summed E-state index contributed by atoms with van der Waals surface area (Å²) in [7, 11) is 0. The average molecular weight is 1140 g/mol. The highest BCUT2D eigenvalue weighted by Gasteiger charge is 2.46. The van der Waals surface area contributed by atoms with E-state index in [4.69, 9.17) is 0 Å². The summed E-state index contributed by atoms with van der Waals surface area (Å²) >= 11 is 0. The molecular formula is C89H57N. The second kappa shape index (κ2) is 20.8. The Labute approximate surface area is 523 Å². The third-order valence-corrected chi connectivity index (χ3v) is 19.5. The van der Waals surface area contributed by atoms with Gasteiger partial charge in [0.05, 0.1) is 16.4 Å². The van der Waals surface area contributed by atoms with Crippen LogP contribution in [0, 0.1) is 0 Å². The van der Waals surface area contributed by atoms with Gasteiger partial charge in [-0.25, -0.2) is 0 Å². The molecule has 1 aliphatic rings. The topological polar surface area (TPSA) is 4.93 Å². The van der Waals surface area contributed by atoms with Crippen LogP contribution in [-0.2, 0) is 5.41 Å². The first-order chi connectivity index (χ1) is 44.6. The van der Waals surface area contributed by atoms with Crippen molar-refractivity contribution in [2.75, 3.05) is 0 Å². The van der Waals surface area contributed by atoms with E-state index in [1.807, 2.05) is 0 Å². The Kier molecular flexibility index (Phi) is 11.9. The van der Waals surface area contributed by atoms with Gasteiger partial charge < -0.3 is 4.57 Å². The molecule has 418 valence electrons. The lowest BCUT2D eigenvalue weighted by atomic mass is 9.67. The Bertz CT molecular complexity index is 5360. The van der Waals surface area contributed by atoms with Crippen LogP contribution in [0.1, 0.15) is 22.3 Å². The molecule has 1 nitrogen and oxygen atoms in total. The molecule has 16 aromatic carbocycles. The van der Waals surface area contributed by atoms with Gasteiger partial charge in [-0.3, -0.25) is 0 Å². The van der Waals surface area contributed by atoms with Gasteiger partial charge in [-0.2, -0.15) is 0 Å². The lowest BCUT2D eigenvalue weighted by molar-refractivity contribution is 0.767. The van der Waals surface area contributed by atoms with E-state index in [9.17, 15) is 0 Å². The fraction of sp³-hybridized carbons (Fsp3) is 0.0112. The normalized spacial score (nSPS) is 12.5. The first kappa shape index (κ1) is 51.6. The molecule has 90 heavy (non-hydrogen) atoms. The van der Waals surface area contributed by atoms with Crippen LogP contribution in [0.3, 0.4) is 0 Å². The quantitative estimate of drug-likeness (QED) is 0.127. The maximum Gasteiger partial charge on any atom is 0.0714 e. The highest BCUT2D eigenvalue weighted by Crippen LogP contribution is 2.57. The van der Waals surface area contributed by atoms with E-state index in [0.717, 1.165) is 16.7 Å². The first-order valence-electron chi connectivity index (χ1n) is 31.3. The van der Waals surface area contributed by atoms with Gasteiger partial charge >= 0.3 is 0 Å². The van der Waals surface area contributed by atoms with Gasteiger partial charge in [0.2, 0.25) is 0 Å². The maximum atomic E-state index is 2.50. The molecule has 1 heteroatoms. The molecular weight excluding hydrogens is 1080 g/mol. The molecule has 1 heterocycles. The summed E-state index contributed by atoms with van der Waals surface area (Å²) in [5.74, 6) is 0. The molecule has 0 N–H and O–H groups in total. The molecule has 0 fully saturated rings. The predicted molar refractivity (Wildman–Crippen MR) is 381 cm³/mol. The number of nitrogens with zero attached hydrogens (tertiary/aromatic N) is 1. The summed E-state index contributed by atoms with van der Waals surface area (Å²) in [6, 6.07) is 129. The molecule has 0 radical (unpaired) electrons. The zero-order chi connectivity index (χ0) is 59.3. The molecule has 0 saturated carbocycles. The van der Waals surface area contributed by atoms with Gasteiger partial charge in [-0.1, -0.05) is 297 Å². The monoisotopic (exact) mass is 1140 g/mol. The molecule has 1 aliphatic carbocycles. The summed E-state index contributed by atoms with van der Waals surface area (Å²) in [5.41, 5.74) is 25.0. The molecule has 0 saturated heterocycles. The van der Waals surface area contributed by atoms with Crippen molar-refractivity contribution >= 4 is 64.9 Å². The second-order valence-corrected chi connectivity index (χ2v) is 24.2. The predicted octanol–water partition coefficient (Wildman–Crippen LogP) is 23.8. The fourth-order valence-corrected chi connectivity index (χ4v) is 15.2. The minimum atomic E-state index is -0.524. The fourth-order valence-electron chi connectivity index (χ4n) is 15.2. The van der Waals surface area contributed by atoms with Crippen molar-refractivity contribution in [2.45, 2.75) is 5.41 Å². The van der Waals surface area contributed by atoms with E-state index >= 15 is 0 Å². The Morgan fingerprint density at radius 3 is 0.989 bits per heavy atom. The highest BCUT2D eigenvalue weighted by molar-refractivity contribution is 6.16. The summed E-state index contributed by atoms with van der Waals surface area (Å²) in [6.45, 7) is 0. The molecule has 1 aromatic heterocycles. The lowest BCUT2D eigenvalue weighted by Gasteiger charge is -2.34. The van der Waals surface area contributed by atoms with Crippen LogP contribution >= 0.6 is 0 Å². The van der Waals surface area contributed by atoms with Gasteiger partial charge in [0, 0.05) is 16.5 Å². The van der Waals surface area contributed by atoms with Gasteiger partial charge in [-0.05, 0) is 192 Å². The van der Waals surface area contributed by atoms with Crippen LogP contribution in [0.4, 0.5) is 0 Å². The average Bonchev–Trinajstić information content (AvgIpc) is 1.54. The SMILES string of the molecule is c1ccc(C2(c3ccccc3)c3ccccc3-c3ccc(-n4c5ccc(-c6ccc(-c7ccc(-c8cc9ccccc9c9ccccc89)cc7)cc6)cc5c5cc(-c6ccc(-c7ccc(-c8cc9ccccc9c9ccccc89)cc7)cc6)ccc54)cc32)cc1. The zero-order valence-corrected chi connectivity index (χ0v) is 49.4. The van der Waals surface area contributed by atoms with Crippen molar-refractivity contribution in [3.8, 4) is 83.6 Å². The molecule has 0 bridgehead atoms. The highest BCUT2D eigenvalue weighted by atomic mass is 15.0. The van der Waals surface area contributed by atoms with E-state index in [2.05, 4.69) is 350 Å². The van der Waals surface area contributed by atoms with E-state index in [1.54, 1.807) is 0 Å². The van der Waals surface area contributed by atoms with Crippen LogP contribution in [0.2, 0.25) is 0 Å². The number of fused-ring (bicyclic) bond motifs is 12. The van der Waals surface area contributed by atoms with Crippen molar-refractivity contribution in [1.29, 1.82) is 0 Å². The van der Waals surface area contributed by atoms with E-state index in [1.165, 1.54) is 154 Å². The molecule has 0 unspecified atom stereocenters. The first-order valence-corrected chi connectivity index (χ1v) is 31.3. The third-order valence-electron chi connectivity index (χ3n) is 19.5. The largest absolute Gasteiger partial charge is 0.309 e. The van der Waals surface area contributed by atoms with Gasteiger partial charge in [0.1, 0.15) is 0 Å². The summed E-state index contributed by atoms with van der Waals surface area (Å²) < 4.78 is 2.50. The van der Waals surface area contributed by atoms with Gasteiger partial charge in [0.25, 0.3) is 0 Å². The molecule has 0 amide bonds. The maximum absolute atomic E-state index is 2.50. The summed E-state index contributed by atoms with van der Waals surface area (Å²) in [5, 5.41) is 12.6. The standard InChI is InChI=1S/C89H57N/c1-3-19-70(20-4-1)89(71-21-5-2-6-22-71)85-30-16-15-29-79(85)80-50-49-72(57-86(80)89)90-87-51-47-66(62-35-31-58(32-36-62)60-39-43-64(44-40-60)81-55-68-17-7-9-23-73(68)75-25-11-13-27-77(75)81)53-83(87)84-54-67(48-52-88(84)90)63-37-33-59(34-38-63)61-41-45-65(46-42-61)82-56-69-18-8-10-24-74(69)76-26-12-14-28-78(76)82/h1-57H. The van der Waals surface area contributed by atoms with E-state index in [-0.39, 0.29) is 0 Å². The Morgan fingerprint density at radius 1 is 0.189 bits per heavy atom. The second-order valence-electron chi connectivity index (χ2n) is 24.2. The van der Waals surface area contributed by atoms with Gasteiger partial charge in [-0.15, -0.1) is 0 Å². The molecule has 0 aliphatic heterocycles. The third kappa shape index (κ3) is 8.17. The molecule has 0 spiro atoms. The number of hydrogen-bond acceptors (Lipinski definition) is 0. The van der Waals surface area contributed by atoms with E-state index in [0.29, 0.717) is 0 Å². The smallest absolute Gasteiger partial charge is 0.0714 e. The van der Waals surface area contributed by atoms with Crippen LogP contribution in [-0.4, -0.2) is 4.57 Å². The van der Waals surface area contributed by atoms with Crippen molar-refractivity contribution in [3.63, 3.8) is 0 Å². The van der Waals surface area contributed by atoms with Crippen LogP contribution < -0.4 is 0 Å². The number of aromatic nitrogens is 1. The minimum absolute atomic E-state index is 0.524. The lowest BCUT2D eigenvalue weighted by Crippen LogP contribution is -2.28. The van der Waals surface area contributed by atoms with Crippen LogP contribution in [0.5, 0.6) is 0 Å². The van der Waals surface area contributed by atoms with Gasteiger partial charge in [0.15, 0.2) is 0 Å². The minimum Gasteiger partial charge on any atom is -0.309 e. The molecule has 18 rings (SSSR count). The van der Waals surface area contributed by atoms with Crippen molar-refractivity contribution in [1.82, 2.24) is 4.57 Å². The van der Waals surface area contributed by atoms with E-state index < -0.39 is 5.41 Å².